The smallest absolute Gasteiger partial charge is 0.245 e. The average molecular weight is 247 g/mol. The molecule has 1 saturated carbocycles. The van der Waals surface area contributed by atoms with Crippen LogP contribution in [0.15, 0.2) is 17.2 Å². The molecule has 2 heterocycles. The van der Waals surface area contributed by atoms with Crippen LogP contribution in [0.4, 0.5) is 0 Å². The predicted molar refractivity (Wildman–Crippen MR) is 65.0 cm³/mol. The number of hydrogen-bond donors (Lipinski definition) is 0. The summed E-state index contributed by atoms with van der Waals surface area (Å²) >= 11 is 0. The van der Waals surface area contributed by atoms with Crippen LogP contribution in [-0.2, 0) is 4.79 Å². The molecule has 0 bridgehead atoms. The molecule has 1 amide bonds. The fraction of sp³-hybridized carbons (Fsp3) is 0.615. The van der Waals surface area contributed by atoms with Crippen molar-refractivity contribution in [1.82, 2.24) is 15.0 Å². The van der Waals surface area contributed by atoms with Gasteiger partial charge in [-0.15, -0.1) is 0 Å². The molecule has 1 aliphatic heterocycles. The van der Waals surface area contributed by atoms with Crippen LogP contribution in [0.2, 0.25) is 0 Å². The number of amides is 1. The van der Waals surface area contributed by atoms with Crippen LogP contribution >= 0.6 is 0 Å². The molecule has 96 valence electrons. The van der Waals surface area contributed by atoms with E-state index in [0.29, 0.717) is 11.8 Å². The van der Waals surface area contributed by atoms with Crippen molar-refractivity contribution in [3.8, 4) is 0 Å². The average Bonchev–Trinajstić information content (AvgIpc) is 3.16. The number of hydrogen-bond acceptors (Lipinski definition) is 4. The van der Waals surface area contributed by atoms with E-state index in [4.69, 9.17) is 4.52 Å². The van der Waals surface area contributed by atoms with Gasteiger partial charge >= 0.3 is 0 Å². The fourth-order valence-electron chi connectivity index (χ4n) is 2.40. The van der Waals surface area contributed by atoms with Crippen molar-refractivity contribution in [2.24, 2.45) is 0 Å². The van der Waals surface area contributed by atoms with Crippen LogP contribution in [0.3, 0.4) is 0 Å². The summed E-state index contributed by atoms with van der Waals surface area (Å²) < 4.78 is 5.28. The number of likely N-dealkylation sites (tertiary alicyclic amines) is 1. The van der Waals surface area contributed by atoms with E-state index in [9.17, 15) is 4.79 Å². The van der Waals surface area contributed by atoms with Gasteiger partial charge < -0.3 is 9.42 Å². The zero-order valence-electron chi connectivity index (χ0n) is 10.3. The third-order valence-electron chi connectivity index (χ3n) is 3.73. The van der Waals surface area contributed by atoms with Crippen LogP contribution in [-0.4, -0.2) is 34.0 Å². The van der Waals surface area contributed by atoms with Crippen molar-refractivity contribution in [3.05, 3.63) is 24.4 Å². The van der Waals surface area contributed by atoms with Crippen LogP contribution in [0.1, 0.15) is 49.2 Å². The number of rotatable bonds is 3. The Morgan fingerprint density at radius 1 is 1.28 bits per heavy atom. The maximum atomic E-state index is 11.5. The van der Waals surface area contributed by atoms with Crippen LogP contribution < -0.4 is 0 Å². The normalized spacial score (nSPS) is 21.0. The van der Waals surface area contributed by atoms with Crippen LogP contribution in [0.25, 0.3) is 0 Å². The van der Waals surface area contributed by atoms with Gasteiger partial charge in [-0.05, 0) is 31.8 Å². The lowest BCUT2D eigenvalue weighted by Gasteiger charge is -2.29. The van der Waals surface area contributed by atoms with Gasteiger partial charge in [-0.3, -0.25) is 4.79 Å². The quantitative estimate of drug-likeness (QED) is 0.765. The van der Waals surface area contributed by atoms with Crippen molar-refractivity contribution in [1.29, 1.82) is 0 Å². The topological polar surface area (TPSA) is 59.2 Å². The Labute approximate surface area is 106 Å². The lowest BCUT2D eigenvalue weighted by molar-refractivity contribution is -0.127. The Morgan fingerprint density at radius 2 is 2.00 bits per heavy atom. The van der Waals surface area contributed by atoms with Crippen molar-refractivity contribution in [2.75, 3.05) is 13.1 Å². The summed E-state index contributed by atoms with van der Waals surface area (Å²) in [6.07, 6.45) is 5.54. The second-order valence-electron chi connectivity index (χ2n) is 5.07. The SMILES string of the molecule is C=CC(=O)N1CCC(c2noc(C3CC3)n2)CC1. The van der Waals surface area contributed by atoms with E-state index >= 15 is 0 Å². The second-order valence-corrected chi connectivity index (χ2v) is 5.07. The zero-order chi connectivity index (χ0) is 12.5. The predicted octanol–water partition coefficient (Wildman–Crippen LogP) is 1.84. The van der Waals surface area contributed by atoms with Gasteiger partial charge in [0.1, 0.15) is 0 Å². The maximum absolute atomic E-state index is 11.5. The van der Waals surface area contributed by atoms with Crippen molar-refractivity contribution in [2.45, 2.75) is 37.5 Å². The number of carbonyl (C=O) groups is 1. The minimum absolute atomic E-state index is 0.0141. The lowest BCUT2D eigenvalue weighted by atomic mass is 9.96. The highest BCUT2D eigenvalue weighted by atomic mass is 16.5. The first-order chi connectivity index (χ1) is 8.78. The molecule has 1 aromatic heterocycles. The fourth-order valence-corrected chi connectivity index (χ4v) is 2.40. The van der Waals surface area contributed by atoms with E-state index < -0.39 is 0 Å². The van der Waals surface area contributed by atoms with E-state index in [-0.39, 0.29) is 5.91 Å². The first-order valence-electron chi connectivity index (χ1n) is 6.52. The molecule has 1 saturated heterocycles. The summed E-state index contributed by atoms with van der Waals surface area (Å²) in [5.41, 5.74) is 0. The van der Waals surface area contributed by atoms with Crippen molar-refractivity contribution in [3.63, 3.8) is 0 Å². The number of nitrogens with zero attached hydrogens (tertiary/aromatic N) is 3. The van der Waals surface area contributed by atoms with Gasteiger partial charge in [0.15, 0.2) is 5.82 Å². The van der Waals surface area contributed by atoms with Crippen molar-refractivity contribution >= 4 is 5.91 Å². The Kier molecular flexibility index (Phi) is 2.89. The molecular weight excluding hydrogens is 230 g/mol. The first kappa shape index (κ1) is 11.4. The monoisotopic (exact) mass is 247 g/mol. The highest BCUT2D eigenvalue weighted by molar-refractivity contribution is 5.87. The largest absolute Gasteiger partial charge is 0.339 e. The lowest BCUT2D eigenvalue weighted by Crippen LogP contribution is -2.37. The minimum Gasteiger partial charge on any atom is -0.339 e. The van der Waals surface area contributed by atoms with E-state index in [1.807, 2.05) is 4.90 Å². The van der Waals surface area contributed by atoms with Crippen LogP contribution in [0, 0.1) is 0 Å². The molecule has 2 aliphatic rings. The van der Waals surface area contributed by atoms with E-state index in [2.05, 4.69) is 16.7 Å². The maximum Gasteiger partial charge on any atom is 0.245 e. The molecule has 0 spiro atoms. The molecule has 1 aromatic rings. The molecule has 0 atom stereocenters. The van der Waals surface area contributed by atoms with Gasteiger partial charge in [0.05, 0.1) is 0 Å². The molecular formula is C13H17N3O2. The summed E-state index contributed by atoms with van der Waals surface area (Å²) in [5, 5.41) is 4.08. The van der Waals surface area contributed by atoms with Gasteiger partial charge in [0.25, 0.3) is 0 Å². The van der Waals surface area contributed by atoms with E-state index in [0.717, 1.165) is 37.6 Å². The zero-order valence-corrected chi connectivity index (χ0v) is 10.3. The first-order valence-corrected chi connectivity index (χ1v) is 6.52. The van der Waals surface area contributed by atoms with Gasteiger partial charge in [0.2, 0.25) is 11.8 Å². The molecule has 1 aliphatic carbocycles. The number of aromatic nitrogens is 2. The van der Waals surface area contributed by atoms with Crippen LogP contribution in [0.5, 0.6) is 0 Å². The number of carbonyl (C=O) groups excluding carboxylic acids is 1. The Morgan fingerprint density at radius 3 is 2.61 bits per heavy atom. The summed E-state index contributed by atoms with van der Waals surface area (Å²) in [6, 6.07) is 0. The van der Waals surface area contributed by atoms with E-state index in [1.54, 1.807) is 0 Å². The number of piperidine rings is 1. The highest BCUT2D eigenvalue weighted by Crippen LogP contribution is 2.39. The second kappa shape index (κ2) is 4.55. The Balaban J connectivity index is 1.61. The third kappa shape index (κ3) is 2.17. The van der Waals surface area contributed by atoms with Gasteiger partial charge in [-0.25, -0.2) is 0 Å². The molecule has 0 N–H and O–H groups in total. The Hall–Kier alpha value is -1.65. The standard InChI is InChI=1S/C13H17N3O2/c1-2-11(17)16-7-5-9(6-8-16)12-14-13(18-15-12)10-3-4-10/h2,9-10H,1,3-8H2. The third-order valence-corrected chi connectivity index (χ3v) is 3.73. The van der Waals surface area contributed by atoms with E-state index in [1.165, 1.54) is 18.9 Å². The molecule has 0 radical (unpaired) electrons. The molecule has 0 aromatic carbocycles. The molecule has 18 heavy (non-hydrogen) atoms. The highest BCUT2D eigenvalue weighted by Gasteiger charge is 2.32. The van der Waals surface area contributed by atoms with Crippen molar-refractivity contribution < 1.29 is 9.32 Å². The minimum atomic E-state index is 0.0141. The van der Waals surface area contributed by atoms with Gasteiger partial charge in [0, 0.05) is 24.9 Å². The summed E-state index contributed by atoms with van der Waals surface area (Å²) in [4.78, 5) is 17.8. The molecule has 2 fully saturated rings. The summed E-state index contributed by atoms with van der Waals surface area (Å²) in [5.74, 6) is 2.47. The molecule has 5 heteroatoms. The van der Waals surface area contributed by atoms with Gasteiger partial charge in [-0.1, -0.05) is 11.7 Å². The van der Waals surface area contributed by atoms with Gasteiger partial charge in [-0.2, -0.15) is 4.98 Å². The molecule has 0 unspecified atom stereocenters. The molecule has 5 nitrogen and oxygen atoms in total. The Bertz CT molecular complexity index is 457. The molecule has 3 rings (SSSR count). The summed E-state index contributed by atoms with van der Waals surface area (Å²) in [6.45, 7) is 5.02. The summed E-state index contributed by atoms with van der Waals surface area (Å²) in [7, 11) is 0.